The summed E-state index contributed by atoms with van der Waals surface area (Å²) < 4.78 is 2.33. The highest BCUT2D eigenvalue weighted by Crippen LogP contribution is 2.45. The fourth-order valence-electron chi connectivity index (χ4n) is 5.34. The number of hydrogen-bond donors (Lipinski definition) is 0. The van der Waals surface area contributed by atoms with E-state index in [2.05, 4.69) is 78.2 Å². The van der Waals surface area contributed by atoms with Crippen LogP contribution in [0.25, 0.3) is 11.6 Å². The number of aromatic nitrogens is 2. The lowest BCUT2D eigenvalue weighted by atomic mass is 9.76. The van der Waals surface area contributed by atoms with Crippen molar-refractivity contribution in [2.75, 3.05) is 20.1 Å². The summed E-state index contributed by atoms with van der Waals surface area (Å²) in [7, 11) is 2.23. The van der Waals surface area contributed by atoms with Gasteiger partial charge in [-0.25, -0.2) is 0 Å². The molecule has 3 aromatic rings. The van der Waals surface area contributed by atoms with Crippen molar-refractivity contribution in [1.29, 1.82) is 0 Å². The summed E-state index contributed by atoms with van der Waals surface area (Å²) >= 11 is 6.53. The SMILES string of the molecule is Cc1cccn1CCC1=Cc2cccnc2C(C2CCN(C)CC2)c2ccc(Cl)cc21. The lowest BCUT2D eigenvalue weighted by Crippen LogP contribution is -2.33. The Hall–Kier alpha value is -2.36. The Morgan fingerprint density at radius 1 is 1.10 bits per heavy atom. The number of aryl methyl sites for hydroxylation is 2. The van der Waals surface area contributed by atoms with Gasteiger partial charge in [0.05, 0.1) is 5.69 Å². The molecule has 3 heterocycles. The minimum absolute atomic E-state index is 0.319. The van der Waals surface area contributed by atoms with E-state index in [0.717, 1.165) is 31.1 Å². The zero-order chi connectivity index (χ0) is 21.4. The van der Waals surface area contributed by atoms with Crippen LogP contribution < -0.4 is 0 Å². The maximum Gasteiger partial charge on any atom is 0.0553 e. The van der Waals surface area contributed by atoms with Crippen LogP contribution in [0.4, 0.5) is 0 Å². The first-order valence-electron chi connectivity index (χ1n) is 11.4. The van der Waals surface area contributed by atoms with Gasteiger partial charge in [0.25, 0.3) is 0 Å². The first-order chi connectivity index (χ1) is 15.1. The van der Waals surface area contributed by atoms with Gasteiger partial charge in [0, 0.05) is 35.6 Å². The van der Waals surface area contributed by atoms with Gasteiger partial charge in [-0.1, -0.05) is 23.7 Å². The van der Waals surface area contributed by atoms with Gasteiger partial charge in [0.2, 0.25) is 0 Å². The number of hydrogen-bond acceptors (Lipinski definition) is 2. The molecule has 0 amide bonds. The highest BCUT2D eigenvalue weighted by Gasteiger charge is 2.33. The van der Waals surface area contributed by atoms with Crippen LogP contribution in [0.15, 0.2) is 54.9 Å². The van der Waals surface area contributed by atoms with E-state index in [0.29, 0.717) is 11.8 Å². The molecule has 31 heavy (non-hydrogen) atoms. The summed E-state index contributed by atoms with van der Waals surface area (Å²) in [5.41, 5.74) is 7.85. The number of pyridine rings is 1. The lowest BCUT2D eigenvalue weighted by molar-refractivity contribution is 0.206. The molecule has 0 radical (unpaired) electrons. The maximum atomic E-state index is 6.53. The summed E-state index contributed by atoms with van der Waals surface area (Å²) in [4.78, 5) is 7.38. The van der Waals surface area contributed by atoms with Crippen molar-refractivity contribution in [2.45, 2.75) is 38.6 Å². The second kappa shape index (κ2) is 8.64. The maximum absolute atomic E-state index is 6.53. The van der Waals surface area contributed by atoms with E-state index >= 15 is 0 Å². The van der Waals surface area contributed by atoms with Gasteiger partial charge in [-0.15, -0.1) is 0 Å². The van der Waals surface area contributed by atoms with Crippen molar-refractivity contribution in [3.05, 3.63) is 88.0 Å². The van der Waals surface area contributed by atoms with Crippen LogP contribution in [0.3, 0.4) is 0 Å². The predicted octanol–water partition coefficient (Wildman–Crippen LogP) is 6.26. The van der Waals surface area contributed by atoms with E-state index in [1.807, 2.05) is 6.20 Å². The molecule has 4 heteroatoms. The molecule has 0 bridgehead atoms. The van der Waals surface area contributed by atoms with Gasteiger partial charge >= 0.3 is 0 Å². The van der Waals surface area contributed by atoms with E-state index in [4.69, 9.17) is 16.6 Å². The molecular formula is C27H30ClN3. The van der Waals surface area contributed by atoms with Crippen LogP contribution in [0.1, 0.15) is 53.3 Å². The summed E-state index contributed by atoms with van der Waals surface area (Å²) in [5, 5.41) is 0.808. The Labute approximate surface area is 190 Å². The van der Waals surface area contributed by atoms with Gasteiger partial charge in [-0.3, -0.25) is 4.98 Å². The Morgan fingerprint density at radius 3 is 2.71 bits per heavy atom. The summed E-state index contributed by atoms with van der Waals surface area (Å²) in [6.07, 6.45) is 9.87. The largest absolute Gasteiger partial charge is 0.351 e. The quantitative estimate of drug-likeness (QED) is 0.485. The zero-order valence-corrected chi connectivity index (χ0v) is 19.1. The van der Waals surface area contributed by atoms with Crippen molar-refractivity contribution in [1.82, 2.24) is 14.5 Å². The van der Waals surface area contributed by atoms with Crippen molar-refractivity contribution in [3.8, 4) is 0 Å². The lowest BCUT2D eigenvalue weighted by Gasteiger charge is -2.35. The number of fused-ring (bicyclic) bond motifs is 2. The number of rotatable bonds is 4. The smallest absolute Gasteiger partial charge is 0.0553 e. The number of piperidine rings is 1. The molecule has 1 aliphatic heterocycles. The second-order valence-electron chi connectivity index (χ2n) is 9.09. The first-order valence-corrected chi connectivity index (χ1v) is 11.7. The molecular weight excluding hydrogens is 402 g/mol. The Balaban J connectivity index is 1.60. The van der Waals surface area contributed by atoms with Crippen molar-refractivity contribution < 1.29 is 0 Å². The molecule has 0 saturated carbocycles. The topological polar surface area (TPSA) is 21.1 Å². The monoisotopic (exact) mass is 431 g/mol. The minimum atomic E-state index is 0.319. The Kier molecular flexibility index (Phi) is 5.73. The van der Waals surface area contributed by atoms with Gasteiger partial charge in [-0.2, -0.15) is 0 Å². The molecule has 1 fully saturated rings. The van der Waals surface area contributed by atoms with Crippen LogP contribution in [0.5, 0.6) is 0 Å². The minimum Gasteiger partial charge on any atom is -0.351 e. The number of nitrogens with zero attached hydrogens (tertiary/aromatic N) is 3. The van der Waals surface area contributed by atoms with Crippen LogP contribution in [-0.2, 0) is 6.54 Å². The molecule has 1 aliphatic carbocycles. The molecule has 1 atom stereocenters. The van der Waals surface area contributed by atoms with E-state index in [9.17, 15) is 0 Å². The summed E-state index contributed by atoms with van der Waals surface area (Å²) in [5.74, 6) is 0.920. The molecule has 5 rings (SSSR count). The molecule has 1 unspecified atom stereocenters. The van der Waals surface area contributed by atoms with E-state index in [1.165, 1.54) is 46.5 Å². The van der Waals surface area contributed by atoms with Crippen LogP contribution in [0.2, 0.25) is 5.02 Å². The number of benzene rings is 1. The normalized spacial score (nSPS) is 19.5. The molecule has 0 N–H and O–H groups in total. The van der Waals surface area contributed by atoms with E-state index in [-0.39, 0.29) is 0 Å². The van der Waals surface area contributed by atoms with Crippen LogP contribution in [-0.4, -0.2) is 34.6 Å². The molecule has 2 aromatic heterocycles. The van der Waals surface area contributed by atoms with Crippen molar-refractivity contribution >= 4 is 23.3 Å². The molecule has 1 aromatic carbocycles. The third kappa shape index (κ3) is 4.09. The van der Waals surface area contributed by atoms with E-state index < -0.39 is 0 Å². The number of allylic oxidation sites excluding steroid dienone is 1. The van der Waals surface area contributed by atoms with Gasteiger partial charge in [0.15, 0.2) is 0 Å². The Morgan fingerprint density at radius 2 is 1.94 bits per heavy atom. The molecule has 160 valence electrons. The number of halogens is 1. The number of likely N-dealkylation sites (tertiary alicyclic amines) is 1. The summed E-state index contributed by atoms with van der Waals surface area (Å²) in [6, 6.07) is 15.1. The van der Waals surface area contributed by atoms with Gasteiger partial charge < -0.3 is 9.47 Å². The van der Waals surface area contributed by atoms with E-state index in [1.54, 1.807) is 0 Å². The van der Waals surface area contributed by atoms with Crippen molar-refractivity contribution in [3.63, 3.8) is 0 Å². The first kappa shape index (κ1) is 20.5. The average molecular weight is 432 g/mol. The van der Waals surface area contributed by atoms with Gasteiger partial charge in [-0.05, 0) is 111 Å². The highest BCUT2D eigenvalue weighted by molar-refractivity contribution is 6.30. The third-order valence-electron chi connectivity index (χ3n) is 7.11. The standard InChI is InChI=1S/C27H30ClN3/c1-19-5-4-13-31(19)16-11-21-17-22-6-3-12-29-27(22)26(20-9-14-30(2)15-10-20)24-8-7-23(28)18-25(21)24/h3-8,12-13,17-18,20,26H,9-11,14-16H2,1-2H3. The Bertz CT molecular complexity index is 1110. The molecule has 3 nitrogen and oxygen atoms in total. The average Bonchev–Trinajstić information content (AvgIpc) is 3.13. The van der Waals surface area contributed by atoms with Crippen LogP contribution in [0, 0.1) is 12.8 Å². The fraction of sp³-hybridized carbons (Fsp3) is 0.370. The fourth-order valence-corrected chi connectivity index (χ4v) is 5.51. The van der Waals surface area contributed by atoms with Crippen LogP contribution >= 0.6 is 11.6 Å². The zero-order valence-electron chi connectivity index (χ0n) is 18.4. The highest BCUT2D eigenvalue weighted by atomic mass is 35.5. The van der Waals surface area contributed by atoms with Crippen molar-refractivity contribution in [2.24, 2.45) is 5.92 Å². The van der Waals surface area contributed by atoms with Gasteiger partial charge in [0.1, 0.15) is 0 Å². The third-order valence-corrected chi connectivity index (χ3v) is 7.34. The molecule has 0 spiro atoms. The predicted molar refractivity (Wildman–Crippen MR) is 129 cm³/mol. The second-order valence-corrected chi connectivity index (χ2v) is 9.53. The molecule has 2 aliphatic rings. The molecule has 1 saturated heterocycles. The summed E-state index contributed by atoms with van der Waals surface area (Å²) in [6.45, 7) is 5.44.